The second-order valence-corrected chi connectivity index (χ2v) is 9.31. The third kappa shape index (κ3) is 7.74. The molecule has 2 saturated carbocycles. The molecule has 4 rings (SSSR count). The van der Waals surface area contributed by atoms with E-state index in [1.165, 1.54) is 25.7 Å². The van der Waals surface area contributed by atoms with Gasteiger partial charge in [0.15, 0.2) is 0 Å². The van der Waals surface area contributed by atoms with Crippen molar-refractivity contribution in [1.29, 1.82) is 0 Å². The number of hydrogen-bond donors (Lipinski definition) is 2. The van der Waals surface area contributed by atoms with Crippen LogP contribution in [0, 0.1) is 11.8 Å². The summed E-state index contributed by atoms with van der Waals surface area (Å²) < 4.78 is 0. The molecule has 0 radical (unpaired) electrons. The van der Waals surface area contributed by atoms with Crippen molar-refractivity contribution >= 4 is 11.8 Å². The molecule has 0 bridgehead atoms. The number of amides is 2. The van der Waals surface area contributed by atoms with Gasteiger partial charge in [0.2, 0.25) is 0 Å². The molecule has 4 atom stereocenters. The number of carbonyl (C=O) groups excluding carboxylic acids is 2. The number of rotatable bonds is 4. The lowest BCUT2D eigenvalue weighted by Gasteiger charge is -2.27. The van der Waals surface area contributed by atoms with Crippen LogP contribution in [-0.2, 0) is 0 Å². The average molecular weight is 441 g/mol. The second kappa shape index (κ2) is 12.3. The first-order chi connectivity index (χ1) is 15.5. The van der Waals surface area contributed by atoms with Gasteiger partial charge in [0.25, 0.3) is 11.8 Å². The lowest BCUT2D eigenvalue weighted by atomic mass is 9.87. The first-order valence-electron chi connectivity index (χ1n) is 11.9. The van der Waals surface area contributed by atoms with Crippen LogP contribution in [0.1, 0.15) is 89.0 Å². The van der Waals surface area contributed by atoms with Gasteiger partial charge < -0.3 is 10.6 Å². The SMILES string of the molecule is CC1CCCC(NC(=O)c2ccccn2)C1.CC1CCCC(NC(=O)c2ccccn2)C1.[HH].[HH]. The maximum Gasteiger partial charge on any atom is 0.270 e. The quantitative estimate of drug-likeness (QED) is 0.678. The van der Waals surface area contributed by atoms with Crippen molar-refractivity contribution < 1.29 is 12.4 Å². The average Bonchev–Trinajstić information content (AvgIpc) is 2.81. The molecule has 176 valence electrons. The predicted molar refractivity (Wildman–Crippen MR) is 130 cm³/mol. The molecule has 2 N–H and O–H groups in total. The molecular formula is C26H40N4O2. The zero-order chi connectivity index (χ0) is 22.8. The summed E-state index contributed by atoms with van der Waals surface area (Å²) in [6, 6.07) is 11.5. The highest BCUT2D eigenvalue weighted by Crippen LogP contribution is 2.24. The summed E-state index contributed by atoms with van der Waals surface area (Å²) in [5.74, 6) is 1.37. The Morgan fingerprint density at radius 3 is 1.53 bits per heavy atom. The van der Waals surface area contributed by atoms with Crippen LogP contribution in [0.4, 0.5) is 0 Å². The van der Waals surface area contributed by atoms with Gasteiger partial charge in [-0.25, -0.2) is 0 Å². The van der Waals surface area contributed by atoms with Gasteiger partial charge in [-0.15, -0.1) is 0 Å². The van der Waals surface area contributed by atoms with Crippen LogP contribution in [0.5, 0.6) is 0 Å². The maximum atomic E-state index is 11.8. The molecule has 2 aliphatic carbocycles. The minimum atomic E-state index is -0.0419. The molecule has 6 heteroatoms. The fourth-order valence-corrected chi connectivity index (χ4v) is 4.64. The van der Waals surface area contributed by atoms with Gasteiger partial charge in [-0.05, 0) is 61.8 Å². The van der Waals surface area contributed by atoms with Gasteiger partial charge in [0.1, 0.15) is 11.4 Å². The van der Waals surface area contributed by atoms with Crippen LogP contribution in [-0.4, -0.2) is 33.9 Å². The summed E-state index contributed by atoms with van der Waals surface area (Å²) in [6.45, 7) is 4.50. The van der Waals surface area contributed by atoms with Gasteiger partial charge in [-0.2, -0.15) is 0 Å². The third-order valence-electron chi connectivity index (χ3n) is 6.34. The Bertz CT molecular complexity index is 783. The lowest BCUT2D eigenvalue weighted by Crippen LogP contribution is -2.38. The van der Waals surface area contributed by atoms with Gasteiger partial charge in [0.05, 0.1) is 0 Å². The summed E-state index contributed by atoms with van der Waals surface area (Å²) in [4.78, 5) is 31.8. The molecule has 32 heavy (non-hydrogen) atoms. The number of nitrogens with one attached hydrogen (secondary N) is 2. The molecule has 2 aromatic heterocycles. The van der Waals surface area contributed by atoms with E-state index in [1.807, 2.05) is 24.3 Å². The van der Waals surface area contributed by atoms with E-state index in [9.17, 15) is 9.59 Å². The molecule has 0 spiro atoms. The number of aromatic nitrogens is 2. The van der Waals surface area contributed by atoms with E-state index in [4.69, 9.17) is 0 Å². The zero-order valence-corrected chi connectivity index (χ0v) is 19.3. The van der Waals surface area contributed by atoms with Gasteiger partial charge in [0, 0.05) is 27.3 Å². The van der Waals surface area contributed by atoms with Crippen molar-refractivity contribution in [2.45, 2.75) is 77.3 Å². The van der Waals surface area contributed by atoms with Crippen molar-refractivity contribution in [3.8, 4) is 0 Å². The Hall–Kier alpha value is -2.76. The number of carbonyl (C=O) groups is 2. The Morgan fingerprint density at radius 2 is 1.19 bits per heavy atom. The van der Waals surface area contributed by atoms with E-state index in [-0.39, 0.29) is 14.7 Å². The fourth-order valence-electron chi connectivity index (χ4n) is 4.64. The number of nitrogens with zero attached hydrogens (tertiary/aromatic N) is 2. The standard InChI is InChI=1S/2C13H18N2O.2H2/c2*1-10-5-4-6-11(9-10)15-13(16)12-7-2-3-8-14-12;;/h2*2-3,7-8,10-11H,4-6,9H2,1H3,(H,15,16);2*1H. The normalized spacial score (nSPS) is 25.1. The van der Waals surface area contributed by atoms with Crippen molar-refractivity contribution in [3.63, 3.8) is 0 Å². The minimum Gasteiger partial charge on any atom is -0.348 e. The van der Waals surface area contributed by atoms with Crippen molar-refractivity contribution in [2.24, 2.45) is 11.8 Å². The summed E-state index contributed by atoms with van der Waals surface area (Å²) in [5.41, 5.74) is 1.03. The molecule has 2 amide bonds. The van der Waals surface area contributed by atoms with Gasteiger partial charge in [-0.1, -0.05) is 51.7 Å². The largest absolute Gasteiger partial charge is 0.348 e. The summed E-state index contributed by atoms with van der Waals surface area (Å²) in [7, 11) is 0. The van der Waals surface area contributed by atoms with Crippen LogP contribution in [0.15, 0.2) is 48.8 Å². The molecular weight excluding hydrogens is 400 g/mol. The fraction of sp³-hybridized carbons (Fsp3) is 0.538. The third-order valence-corrected chi connectivity index (χ3v) is 6.34. The molecule has 0 aliphatic heterocycles. The molecule has 2 aromatic rings. The molecule has 6 nitrogen and oxygen atoms in total. The first kappa shape index (κ1) is 23.9. The summed E-state index contributed by atoms with van der Waals surface area (Å²) in [6.07, 6.45) is 12.7. The Balaban J connectivity index is 0.000000321. The first-order valence-corrected chi connectivity index (χ1v) is 11.9. The van der Waals surface area contributed by atoms with Crippen LogP contribution in [0.25, 0.3) is 0 Å². The Morgan fingerprint density at radius 1 is 0.750 bits per heavy atom. The van der Waals surface area contributed by atoms with Gasteiger partial charge in [-0.3, -0.25) is 19.6 Å². The Labute approximate surface area is 194 Å². The zero-order valence-electron chi connectivity index (χ0n) is 19.3. The Kier molecular flexibility index (Phi) is 9.20. The minimum absolute atomic E-state index is 0. The highest BCUT2D eigenvalue weighted by Gasteiger charge is 2.22. The second-order valence-electron chi connectivity index (χ2n) is 9.31. The molecule has 2 aliphatic rings. The molecule has 2 heterocycles. The molecule has 2 fully saturated rings. The highest BCUT2D eigenvalue weighted by molar-refractivity contribution is 5.92. The van der Waals surface area contributed by atoms with Crippen LogP contribution in [0.2, 0.25) is 0 Å². The predicted octanol–water partition coefficient (Wildman–Crippen LogP) is 5.27. The smallest absolute Gasteiger partial charge is 0.270 e. The lowest BCUT2D eigenvalue weighted by molar-refractivity contribution is 0.0907. The monoisotopic (exact) mass is 440 g/mol. The van der Waals surface area contributed by atoms with Crippen LogP contribution >= 0.6 is 0 Å². The van der Waals surface area contributed by atoms with E-state index < -0.39 is 0 Å². The summed E-state index contributed by atoms with van der Waals surface area (Å²) in [5, 5.41) is 6.13. The van der Waals surface area contributed by atoms with Crippen molar-refractivity contribution in [3.05, 3.63) is 60.2 Å². The topological polar surface area (TPSA) is 84.0 Å². The summed E-state index contributed by atoms with van der Waals surface area (Å²) >= 11 is 0. The number of hydrogen-bond acceptors (Lipinski definition) is 4. The van der Waals surface area contributed by atoms with Crippen molar-refractivity contribution in [1.82, 2.24) is 20.6 Å². The maximum absolute atomic E-state index is 11.8. The van der Waals surface area contributed by atoms with Crippen LogP contribution < -0.4 is 10.6 Å². The van der Waals surface area contributed by atoms with Crippen molar-refractivity contribution in [2.75, 3.05) is 0 Å². The number of pyridine rings is 2. The van der Waals surface area contributed by atoms with E-state index in [2.05, 4.69) is 34.4 Å². The molecule has 0 aromatic carbocycles. The van der Waals surface area contributed by atoms with E-state index in [1.54, 1.807) is 24.5 Å². The van der Waals surface area contributed by atoms with Gasteiger partial charge >= 0.3 is 0 Å². The van der Waals surface area contributed by atoms with E-state index in [0.717, 1.165) is 37.5 Å². The molecule has 4 unspecified atom stereocenters. The van der Waals surface area contributed by atoms with E-state index in [0.29, 0.717) is 23.5 Å². The highest BCUT2D eigenvalue weighted by atomic mass is 16.2. The van der Waals surface area contributed by atoms with E-state index >= 15 is 0 Å². The molecule has 0 saturated heterocycles. The van der Waals surface area contributed by atoms with Crippen LogP contribution in [0.3, 0.4) is 0 Å².